The van der Waals surface area contributed by atoms with Gasteiger partial charge in [0.1, 0.15) is 41.2 Å². The maximum absolute atomic E-state index is 13.8. The summed E-state index contributed by atoms with van der Waals surface area (Å²) in [7, 11) is 0. The van der Waals surface area contributed by atoms with E-state index in [4.69, 9.17) is 56.8 Å². The molecule has 2 aliphatic heterocycles. The second kappa shape index (κ2) is 45.6. The lowest BCUT2D eigenvalue weighted by Crippen LogP contribution is -2.69. The number of hydrogen-bond acceptors (Lipinski definition) is 30. The summed E-state index contributed by atoms with van der Waals surface area (Å²) < 4.78 is 204. The Morgan fingerprint density at radius 2 is 0.650 bits per heavy atom. The number of aliphatic hydroxyl groups is 2. The Morgan fingerprint density at radius 1 is 0.379 bits per heavy atom. The van der Waals surface area contributed by atoms with Crippen molar-refractivity contribution in [2.45, 2.75) is 420 Å². The van der Waals surface area contributed by atoms with Crippen molar-refractivity contribution >= 4 is 83.6 Å². The largest absolute Gasteiger partial charge is 0.465 e. The van der Waals surface area contributed by atoms with Crippen molar-refractivity contribution < 1.29 is 188 Å². The first-order chi connectivity index (χ1) is 63.1. The average molecular weight is 2030 g/mol. The quantitative estimate of drug-likeness (QED) is 0.0334. The van der Waals surface area contributed by atoms with Crippen LogP contribution in [-0.4, -0.2) is 215 Å². The van der Waals surface area contributed by atoms with Gasteiger partial charge in [0, 0.05) is 74.5 Å². The highest BCUT2D eigenvalue weighted by Crippen LogP contribution is 2.65. The molecule has 0 spiro atoms. The molecule has 10 fully saturated rings. The minimum Gasteiger partial charge on any atom is -0.465 e. The predicted molar refractivity (Wildman–Crippen MR) is 482 cm³/mol. The van der Waals surface area contributed by atoms with E-state index in [0.717, 1.165) is 33.1 Å². The minimum atomic E-state index is -4.69. The molecule has 8 bridgehead atoms. The van der Waals surface area contributed by atoms with Crippen LogP contribution >= 0.6 is 0 Å². The van der Waals surface area contributed by atoms with Crippen molar-refractivity contribution in [2.24, 2.45) is 102 Å². The Balaban J connectivity index is 0.000000353. The molecular formula is C100H156F10O30. The molecule has 0 aromatic rings. The molecule has 806 valence electrons. The molecule has 140 heavy (non-hydrogen) atoms. The lowest BCUT2D eigenvalue weighted by atomic mass is 9.50. The maximum atomic E-state index is 13.8. The summed E-state index contributed by atoms with van der Waals surface area (Å²) in [6.07, 6.45) is -11.4. The average Bonchev–Trinajstić information content (AvgIpc) is 1.70. The van der Waals surface area contributed by atoms with Gasteiger partial charge in [-0.3, -0.25) is 57.5 Å². The summed E-state index contributed by atoms with van der Waals surface area (Å²) in [6.45, 7) is 53.0. The van der Waals surface area contributed by atoms with Gasteiger partial charge in [0.15, 0.2) is 29.5 Å². The number of fused-ring (bicyclic) bond motifs is 2. The molecule has 30 nitrogen and oxygen atoms in total. The molecule has 0 radical (unpaired) electrons. The Labute approximate surface area is 816 Å². The van der Waals surface area contributed by atoms with Crippen LogP contribution in [0, 0.1) is 102 Å². The van der Waals surface area contributed by atoms with Crippen LogP contribution in [0.15, 0.2) is 0 Å². The van der Waals surface area contributed by atoms with Crippen LogP contribution in [0.5, 0.6) is 0 Å². The maximum Gasteiger partial charge on any atom is 0.425 e. The van der Waals surface area contributed by atoms with Gasteiger partial charge in [-0.15, -0.1) is 0 Å². The standard InChI is InChI=1S/C20H30O6.2C18H23F3O6.2C15H28O5.C14H24F4O2/c1-6-17(4,5)16(23)26-20-9-15-7-18(11-20,24-13(2)21)10-19(8-15,12-20)25-14(3)22;2*1-5-17(3,4)16(24)27-13-9-6-8-11(15(23)26-12(8)13)10(9)14(22)25-7(2)18(19,20)21;2*1-8-14(4,5)11(16)19-9-13(2,3)10-20-12(17)15(6,7)18;1-7-12(4,5)11(19)20-10(8-9(2)3)14(17,18)13(6,15)16/h15H,6-12H2,1-5H3;2*7-13H,5-6H2,1-4H3;2*18H,8-10H2,1-7H3;9-10H,7-8H2,1-6H3. The number of carbonyl (C=O) groups is 14. The minimum absolute atomic E-state index is 0.0790. The van der Waals surface area contributed by atoms with E-state index in [9.17, 15) is 121 Å². The van der Waals surface area contributed by atoms with E-state index in [0.29, 0.717) is 70.6 Å². The van der Waals surface area contributed by atoms with Crippen LogP contribution in [0.4, 0.5) is 43.9 Å². The molecule has 10 aliphatic rings. The van der Waals surface area contributed by atoms with E-state index >= 15 is 0 Å². The number of rotatable bonds is 36. The zero-order chi connectivity index (χ0) is 109. The third kappa shape index (κ3) is 31.7. The molecule has 2 N–H and O–H groups in total. The first-order valence-electron chi connectivity index (χ1n) is 48.2. The molecular weight excluding hydrogens is 1870 g/mol. The fourth-order valence-corrected chi connectivity index (χ4v) is 17.6. The van der Waals surface area contributed by atoms with Gasteiger partial charge in [-0.2, -0.15) is 35.1 Å². The third-order valence-electron chi connectivity index (χ3n) is 28.5. The van der Waals surface area contributed by atoms with Crippen molar-refractivity contribution in [2.75, 3.05) is 26.4 Å². The van der Waals surface area contributed by atoms with Gasteiger partial charge in [0.05, 0.1) is 82.6 Å². The van der Waals surface area contributed by atoms with E-state index in [1.165, 1.54) is 55.4 Å². The summed E-state index contributed by atoms with van der Waals surface area (Å²) in [5.41, 5.74) is -10.3. The number of carbonyl (C=O) groups excluding carboxylic acids is 14. The van der Waals surface area contributed by atoms with E-state index in [2.05, 4.69) is 9.47 Å². The molecule has 8 saturated carbocycles. The summed E-state index contributed by atoms with van der Waals surface area (Å²) >= 11 is 0. The fraction of sp³-hybridized carbons (Fsp3) is 0.860. The number of ether oxygens (including phenoxy) is 14. The highest BCUT2D eigenvalue weighted by molar-refractivity contribution is 5.88. The van der Waals surface area contributed by atoms with Crippen LogP contribution in [0.2, 0.25) is 0 Å². The molecule has 0 amide bonds. The zero-order valence-electron chi connectivity index (χ0n) is 87.9. The highest BCUT2D eigenvalue weighted by Gasteiger charge is 2.74. The van der Waals surface area contributed by atoms with Crippen LogP contribution in [-0.2, 0) is 133 Å². The smallest absolute Gasteiger partial charge is 0.425 e. The van der Waals surface area contributed by atoms with Crippen molar-refractivity contribution in [3.8, 4) is 0 Å². The fourth-order valence-electron chi connectivity index (χ4n) is 17.6. The normalized spacial score (nSPS) is 26.7. The topological polar surface area (TPSA) is 409 Å². The zero-order valence-corrected chi connectivity index (χ0v) is 87.9. The second-order valence-corrected chi connectivity index (χ2v) is 46.4. The molecule has 0 aromatic carbocycles. The molecule has 17 atom stereocenters. The van der Waals surface area contributed by atoms with Gasteiger partial charge in [-0.25, -0.2) is 18.4 Å². The lowest BCUT2D eigenvalue weighted by Gasteiger charge is -2.63. The van der Waals surface area contributed by atoms with E-state index in [1.54, 1.807) is 48.5 Å². The van der Waals surface area contributed by atoms with Crippen LogP contribution in [0.3, 0.4) is 0 Å². The number of hydrogen-bond donors (Lipinski definition) is 2. The van der Waals surface area contributed by atoms with Gasteiger partial charge >= 0.3 is 108 Å². The molecule has 2 heterocycles. The van der Waals surface area contributed by atoms with Gasteiger partial charge in [0.2, 0.25) is 0 Å². The van der Waals surface area contributed by atoms with Crippen LogP contribution in [0.1, 0.15) is 325 Å². The Bertz CT molecular complexity index is 4160. The van der Waals surface area contributed by atoms with Crippen molar-refractivity contribution in [1.29, 1.82) is 0 Å². The molecule has 0 aromatic heterocycles. The van der Waals surface area contributed by atoms with Gasteiger partial charge in [-0.1, -0.05) is 83.1 Å². The highest BCUT2D eigenvalue weighted by atomic mass is 19.4. The van der Waals surface area contributed by atoms with Crippen LogP contribution < -0.4 is 0 Å². The molecule has 2 saturated heterocycles. The van der Waals surface area contributed by atoms with Crippen molar-refractivity contribution in [3.05, 3.63) is 0 Å². The summed E-state index contributed by atoms with van der Waals surface area (Å²) in [5.74, 6) is -22.6. The Kier molecular flexibility index (Phi) is 40.4. The predicted octanol–water partition coefficient (Wildman–Crippen LogP) is 17.9. The molecule has 10 rings (SSSR count). The van der Waals surface area contributed by atoms with Gasteiger partial charge in [0.25, 0.3) is 0 Å². The van der Waals surface area contributed by atoms with E-state index in [-0.39, 0.29) is 93.3 Å². The Morgan fingerprint density at radius 3 is 0.914 bits per heavy atom. The summed E-state index contributed by atoms with van der Waals surface area (Å²) in [5, 5.41) is 19.0. The van der Waals surface area contributed by atoms with Crippen molar-refractivity contribution in [3.63, 3.8) is 0 Å². The summed E-state index contributed by atoms with van der Waals surface area (Å²) in [4.78, 5) is 169. The van der Waals surface area contributed by atoms with E-state index < -0.39 is 227 Å². The van der Waals surface area contributed by atoms with Crippen molar-refractivity contribution in [1.82, 2.24) is 0 Å². The second-order valence-electron chi connectivity index (χ2n) is 46.4. The van der Waals surface area contributed by atoms with Gasteiger partial charge < -0.3 is 76.5 Å². The van der Waals surface area contributed by atoms with Crippen LogP contribution in [0.25, 0.3) is 0 Å². The van der Waals surface area contributed by atoms with E-state index in [1.807, 2.05) is 104 Å². The first kappa shape index (κ1) is 124. The lowest BCUT2D eigenvalue weighted by molar-refractivity contribution is -0.274. The summed E-state index contributed by atoms with van der Waals surface area (Å²) in [6, 6.07) is 0. The SMILES string of the molecule is CCC(C)(C)C(=O)OC(CC(C)C)C(F)(F)C(C)(F)F.CCC(C)(C)C(=O)OC12CC3CC(OC(C)=O)(CC(OC(C)=O)(C3)C1)C2.CCC(C)(C)C(=O)OC1C2CC3C1OC(=O)C3C2C(=O)OC(C)C(F)(F)F.CCC(C)(C)C(=O)OC1C2CC3C1OC(=O)C3C2C(=O)OC(C)C(F)(F)F.CCC(C)(C)C(=O)OCC(C)(C)COC(=O)C(C)(C)O.CCC(C)(C)C(=O)OCC(C)(C)COC(=O)C(C)(C)O. The number of esters is 14. The van der Waals surface area contributed by atoms with Gasteiger partial charge in [-0.05, 0) is 214 Å². The molecule has 8 aliphatic carbocycles. The number of alkyl halides is 10. The monoisotopic (exact) mass is 2030 g/mol. The third-order valence-corrected chi connectivity index (χ3v) is 28.5. The Hall–Kier alpha value is -8.20. The number of halogens is 10. The first-order valence-corrected chi connectivity index (χ1v) is 48.2. The molecule has 40 heteroatoms. The molecule has 17 unspecified atom stereocenters.